The summed E-state index contributed by atoms with van der Waals surface area (Å²) in [5.74, 6) is 1.26. The molecular weight excluding hydrogens is 338 g/mol. The SMILES string of the molecule is CCOc1ccc(Nc2cc(C(=O)Nc3c(C)cccc3C)ccn2)cc1. The van der Waals surface area contributed by atoms with Gasteiger partial charge in [0.25, 0.3) is 5.91 Å². The molecule has 1 aromatic heterocycles. The molecule has 0 aliphatic rings. The van der Waals surface area contributed by atoms with Crippen LogP contribution in [-0.4, -0.2) is 17.5 Å². The third-order valence-electron chi connectivity index (χ3n) is 4.18. The van der Waals surface area contributed by atoms with E-state index in [2.05, 4.69) is 15.6 Å². The van der Waals surface area contributed by atoms with Crippen molar-refractivity contribution >= 4 is 23.1 Å². The van der Waals surface area contributed by atoms with E-state index in [1.165, 1.54) is 0 Å². The molecule has 0 atom stereocenters. The van der Waals surface area contributed by atoms with E-state index in [9.17, 15) is 4.79 Å². The Morgan fingerprint density at radius 2 is 1.74 bits per heavy atom. The molecule has 5 heteroatoms. The second-order valence-corrected chi connectivity index (χ2v) is 6.23. The van der Waals surface area contributed by atoms with E-state index in [0.717, 1.165) is 28.3 Å². The van der Waals surface area contributed by atoms with Gasteiger partial charge in [0.15, 0.2) is 0 Å². The van der Waals surface area contributed by atoms with E-state index >= 15 is 0 Å². The Morgan fingerprint density at radius 3 is 2.41 bits per heavy atom. The number of nitrogens with one attached hydrogen (secondary N) is 2. The fourth-order valence-corrected chi connectivity index (χ4v) is 2.79. The minimum absolute atomic E-state index is 0.162. The molecule has 0 saturated heterocycles. The molecule has 1 amide bonds. The molecule has 2 N–H and O–H groups in total. The second-order valence-electron chi connectivity index (χ2n) is 6.23. The second kappa shape index (κ2) is 8.36. The van der Waals surface area contributed by atoms with Gasteiger partial charge in [0.1, 0.15) is 11.6 Å². The first kappa shape index (κ1) is 18.5. The quantitative estimate of drug-likeness (QED) is 0.642. The standard InChI is InChI=1S/C22H23N3O2/c1-4-27-19-10-8-18(9-11-19)24-20-14-17(12-13-23-20)22(26)25-21-15(2)6-5-7-16(21)3/h5-14H,4H2,1-3H3,(H,23,24)(H,25,26). The van der Waals surface area contributed by atoms with Gasteiger partial charge in [-0.2, -0.15) is 0 Å². The summed E-state index contributed by atoms with van der Waals surface area (Å²) in [5.41, 5.74) is 4.33. The molecule has 5 nitrogen and oxygen atoms in total. The maximum atomic E-state index is 12.7. The molecular formula is C22H23N3O2. The molecule has 1 heterocycles. The van der Waals surface area contributed by atoms with Gasteiger partial charge in [-0.3, -0.25) is 4.79 Å². The van der Waals surface area contributed by atoms with E-state index in [-0.39, 0.29) is 5.91 Å². The normalized spacial score (nSPS) is 10.3. The molecule has 0 aliphatic carbocycles. The number of pyridine rings is 1. The topological polar surface area (TPSA) is 63.2 Å². The molecule has 3 rings (SSSR count). The molecule has 3 aromatic rings. The van der Waals surface area contributed by atoms with Crippen LogP contribution in [0.1, 0.15) is 28.4 Å². The van der Waals surface area contributed by atoms with Gasteiger partial charge in [0.05, 0.1) is 6.61 Å². The van der Waals surface area contributed by atoms with Gasteiger partial charge in [0, 0.05) is 23.1 Å². The van der Waals surface area contributed by atoms with E-state index in [1.807, 2.05) is 63.2 Å². The van der Waals surface area contributed by atoms with E-state index in [0.29, 0.717) is 18.0 Å². The van der Waals surface area contributed by atoms with Gasteiger partial charge in [-0.05, 0) is 68.3 Å². The molecule has 0 aliphatic heterocycles. The number of hydrogen-bond donors (Lipinski definition) is 2. The minimum Gasteiger partial charge on any atom is -0.494 e. The molecule has 138 valence electrons. The molecule has 27 heavy (non-hydrogen) atoms. The number of carbonyl (C=O) groups excluding carboxylic acids is 1. The highest BCUT2D eigenvalue weighted by Gasteiger charge is 2.10. The summed E-state index contributed by atoms with van der Waals surface area (Å²) < 4.78 is 5.44. The summed E-state index contributed by atoms with van der Waals surface area (Å²) >= 11 is 0. The average Bonchev–Trinajstić information content (AvgIpc) is 2.67. The van der Waals surface area contributed by atoms with E-state index < -0.39 is 0 Å². The van der Waals surface area contributed by atoms with Crippen LogP contribution in [0.15, 0.2) is 60.8 Å². The monoisotopic (exact) mass is 361 g/mol. The maximum Gasteiger partial charge on any atom is 0.255 e. The lowest BCUT2D eigenvalue weighted by Gasteiger charge is -2.12. The Balaban J connectivity index is 1.74. The number of para-hydroxylation sites is 1. The Hall–Kier alpha value is -3.34. The van der Waals surface area contributed by atoms with Gasteiger partial charge in [-0.1, -0.05) is 18.2 Å². The van der Waals surface area contributed by atoms with Crippen molar-refractivity contribution in [1.82, 2.24) is 4.98 Å². The van der Waals surface area contributed by atoms with Gasteiger partial charge < -0.3 is 15.4 Å². The Morgan fingerprint density at radius 1 is 1.04 bits per heavy atom. The predicted octanol–water partition coefficient (Wildman–Crippen LogP) is 5.09. The van der Waals surface area contributed by atoms with Crippen LogP contribution in [-0.2, 0) is 0 Å². The zero-order chi connectivity index (χ0) is 19.2. The van der Waals surface area contributed by atoms with Crippen LogP contribution < -0.4 is 15.4 Å². The first-order chi connectivity index (χ1) is 13.1. The Labute approximate surface area is 159 Å². The molecule has 0 saturated carbocycles. The number of anilines is 3. The van der Waals surface area contributed by atoms with Crippen LogP contribution in [0, 0.1) is 13.8 Å². The number of ether oxygens (including phenoxy) is 1. The largest absolute Gasteiger partial charge is 0.494 e. The molecule has 0 bridgehead atoms. The highest BCUT2D eigenvalue weighted by molar-refractivity contribution is 6.05. The van der Waals surface area contributed by atoms with Crippen molar-refractivity contribution in [1.29, 1.82) is 0 Å². The first-order valence-corrected chi connectivity index (χ1v) is 8.90. The number of aromatic nitrogens is 1. The van der Waals surface area contributed by atoms with E-state index in [4.69, 9.17) is 4.74 Å². The Bertz CT molecular complexity index is 916. The third-order valence-corrected chi connectivity index (χ3v) is 4.18. The lowest BCUT2D eigenvalue weighted by Crippen LogP contribution is -2.14. The smallest absolute Gasteiger partial charge is 0.255 e. The van der Waals surface area contributed by atoms with Crippen molar-refractivity contribution in [3.63, 3.8) is 0 Å². The molecule has 0 spiro atoms. The van der Waals surface area contributed by atoms with Crippen molar-refractivity contribution in [2.45, 2.75) is 20.8 Å². The van der Waals surface area contributed by atoms with Crippen LogP contribution in [0.4, 0.5) is 17.2 Å². The fourth-order valence-electron chi connectivity index (χ4n) is 2.79. The highest BCUT2D eigenvalue weighted by Crippen LogP contribution is 2.22. The molecule has 2 aromatic carbocycles. The zero-order valence-corrected chi connectivity index (χ0v) is 15.7. The maximum absolute atomic E-state index is 12.7. The lowest BCUT2D eigenvalue weighted by atomic mass is 10.1. The minimum atomic E-state index is -0.162. The number of aryl methyl sites for hydroxylation is 2. The number of benzene rings is 2. The fraction of sp³-hybridized carbons (Fsp3) is 0.182. The van der Waals surface area contributed by atoms with Gasteiger partial charge in [-0.15, -0.1) is 0 Å². The summed E-state index contributed by atoms with van der Waals surface area (Å²) in [7, 11) is 0. The number of carbonyl (C=O) groups is 1. The van der Waals surface area contributed by atoms with Gasteiger partial charge >= 0.3 is 0 Å². The van der Waals surface area contributed by atoms with Gasteiger partial charge in [0.2, 0.25) is 0 Å². The van der Waals surface area contributed by atoms with Crippen molar-refractivity contribution < 1.29 is 9.53 Å². The van der Waals surface area contributed by atoms with Crippen molar-refractivity contribution in [2.24, 2.45) is 0 Å². The number of amides is 1. The zero-order valence-electron chi connectivity index (χ0n) is 15.7. The molecule has 0 fully saturated rings. The number of hydrogen-bond acceptors (Lipinski definition) is 4. The summed E-state index contributed by atoms with van der Waals surface area (Å²) in [6.45, 7) is 6.54. The average molecular weight is 361 g/mol. The van der Waals surface area contributed by atoms with E-state index in [1.54, 1.807) is 18.3 Å². The van der Waals surface area contributed by atoms with Crippen LogP contribution in [0.25, 0.3) is 0 Å². The van der Waals surface area contributed by atoms with Crippen molar-refractivity contribution in [2.75, 3.05) is 17.2 Å². The number of rotatable bonds is 6. The van der Waals surface area contributed by atoms with Gasteiger partial charge in [-0.25, -0.2) is 4.98 Å². The summed E-state index contributed by atoms with van der Waals surface area (Å²) in [4.78, 5) is 17.0. The predicted molar refractivity (Wildman–Crippen MR) is 109 cm³/mol. The number of nitrogens with zero attached hydrogens (tertiary/aromatic N) is 1. The lowest BCUT2D eigenvalue weighted by molar-refractivity contribution is 0.102. The van der Waals surface area contributed by atoms with Crippen molar-refractivity contribution in [3.05, 3.63) is 77.5 Å². The van der Waals surface area contributed by atoms with Crippen molar-refractivity contribution in [3.8, 4) is 5.75 Å². The summed E-state index contributed by atoms with van der Waals surface area (Å²) in [5, 5.41) is 6.20. The summed E-state index contributed by atoms with van der Waals surface area (Å²) in [6.07, 6.45) is 1.62. The van der Waals surface area contributed by atoms with Crippen LogP contribution in [0.2, 0.25) is 0 Å². The van der Waals surface area contributed by atoms with Crippen LogP contribution in [0.3, 0.4) is 0 Å². The summed E-state index contributed by atoms with van der Waals surface area (Å²) in [6, 6.07) is 17.0. The van der Waals surface area contributed by atoms with Crippen LogP contribution in [0.5, 0.6) is 5.75 Å². The highest BCUT2D eigenvalue weighted by atomic mass is 16.5. The third kappa shape index (κ3) is 4.64. The molecule has 0 unspecified atom stereocenters. The Kier molecular flexibility index (Phi) is 5.71. The van der Waals surface area contributed by atoms with Crippen LogP contribution >= 0.6 is 0 Å². The molecule has 0 radical (unpaired) electrons. The first-order valence-electron chi connectivity index (χ1n) is 8.90.